The Kier molecular flexibility index (Phi) is 10.7. The molecule has 2 aromatic carbocycles. The second-order valence-corrected chi connectivity index (χ2v) is 11.3. The number of para-hydroxylation sites is 1. The molecule has 2 atom stereocenters. The molecule has 0 aliphatic heterocycles. The fraction of sp³-hybridized carbons (Fsp3) is 0.417. The lowest BCUT2D eigenvalue weighted by Gasteiger charge is -2.34. The second kappa shape index (κ2) is 12.8. The third-order valence-corrected chi connectivity index (χ3v) is 7.73. The third kappa shape index (κ3) is 7.74. The molecule has 2 rings (SSSR count). The largest absolute Gasteiger partial charge is 0.352 e. The molecular weight excluding hydrogens is 533 g/mol. The monoisotopic (exact) mass is 561 g/mol. The van der Waals surface area contributed by atoms with Crippen molar-refractivity contribution in [2.24, 2.45) is 0 Å². The number of rotatable bonds is 11. The zero-order valence-corrected chi connectivity index (χ0v) is 23.2. The van der Waals surface area contributed by atoms with Crippen LogP contribution >= 0.6 is 34.8 Å². The van der Waals surface area contributed by atoms with Crippen molar-refractivity contribution in [3.8, 4) is 0 Å². The van der Waals surface area contributed by atoms with E-state index in [-0.39, 0.29) is 29.2 Å². The van der Waals surface area contributed by atoms with Gasteiger partial charge in [0.05, 0.1) is 17.0 Å². The molecule has 0 aliphatic carbocycles. The van der Waals surface area contributed by atoms with Gasteiger partial charge in [0, 0.05) is 28.2 Å². The zero-order valence-electron chi connectivity index (χ0n) is 20.1. The highest BCUT2D eigenvalue weighted by atomic mass is 35.5. The van der Waals surface area contributed by atoms with E-state index in [9.17, 15) is 18.0 Å². The normalized spacial score (nSPS) is 13.1. The van der Waals surface area contributed by atoms with Crippen LogP contribution in [0.4, 0.5) is 5.69 Å². The first-order valence-corrected chi connectivity index (χ1v) is 14.1. The first-order valence-electron chi connectivity index (χ1n) is 11.2. The van der Waals surface area contributed by atoms with Gasteiger partial charge in [-0.2, -0.15) is 0 Å². The summed E-state index contributed by atoms with van der Waals surface area (Å²) in [7, 11) is -3.89. The molecular formula is C24H30Cl3N3O4S. The molecule has 2 aromatic rings. The van der Waals surface area contributed by atoms with Gasteiger partial charge in [0.2, 0.25) is 21.8 Å². The Hall–Kier alpha value is -2.00. The van der Waals surface area contributed by atoms with E-state index in [2.05, 4.69) is 5.32 Å². The van der Waals surface area contributed by atoms with Crippen LogP contribution in [0.5, 0.6) is 0 Å². The van der Waals surface area contributed by atoms with Crippen molar-refractivity contribution in [3.63, 3.8) is 0 Å². The smallest absolute Gasteiger partial charge is 0.244 e. The summed E-state index contributed by atoms with van der Waals surface area (Å²) in [5, 5.41) is 3.74. The number of hydrogen-bond donors (Lipinski definition) is 1. The van der Waals surface area contributed by atoms with Gasteiger partial charge in [-0.15, -0.1) is 0 Å². The molecule has 0 bridgehead atoms. The van der Waals surface area contributed by atoms with Crippen molar-refractivity contribution in [1.29, 1.82) is 0 Å². The Morgan fingerprint density at radius 2 is 1.51 bits per heavy atom. The lowest BCUT2D eigenvalue weighted by molar-refractivity contribution is -0.140. The summed E-state index contributed by atoms with van der Waals surface area (Å²) in [6, 6.07) is 10.3. The van der Waals surface area contributed by atoms with E-state index in [4.69, 9.17) is 34.8 Å². The molecule has 1 N–H and O–H groups in total. The fourth-order valence-corrected chi connectivity index (χ4v) is 5.13. The summed E-state index contributed by atoms with van der Waals surface area (Å²) >= 11 is 19.0. The van der Waals surface area contributed by atoms with Crippen LogP contribution in [0.25, 0.3) is 0 Å². The van der Waals surface area contributed by atoms with Crippen LogP contribution < -0.4 is 9.62 Å². The van der Waals surface area contributed by atoms with Crippen LogP contribution in [-0.4, -0.2) is 50.0 Å². The van der Waals surface area contributed by atoms with Crippen molar-refractivity contribution in [1.82, 2.24) is 10.2 Å². The molecule has 192 valence electrons. The number of benzene rings is 2. The Morgan fingerprint density at radius 1 is 0.943 bits per heavy atom. The van der Waals surface area contributed by atoms with Crippen molar-refractivity contribution >= 4 is 62.3 Å². The predicted octanol–water partition coefficient (Wildman–Crippen LogP) is 5.13. The second-order valence-electron chi connectivity index (χ2n) is 8.18. The number of anilines is 1. The molecule has 0 aromatic heterocycles. The Morgan fingerprint density at radius 3 is 2.03 bits per heavy atom. The average Bonchev–Trinajstić information content (AvgIpc) is 2.78. The minimum atomic E-state index is -3.89. The molecule has 11 heteroatoms. The minimum Gasteiger partial charge on any atom is -0.352 e. The number of amides is 2. The summed E-state index contributed by atoms with van der Waals surface area (Å²) < 4.78 is 26.2. The summed E-state index contributed by atoms with van der Waals surface area (Å²) in [5.74, 6) is -0.945. The molecule has 0 saturated carbocycles. The van der Waals surface area contributed by atoms with Crippen molar-refractivity contribution in [2.45, 2.75) is 52.2 Å². The van der Waals surface area contributed by atoms with Crippen LogP contribution in [-0.2, 0) is 26.2 Å². The van der Waals surface area contributed by atoms with E-state index in [1.807, 2.05) is 13.8 Å². The van der Waals surface area contributed by atoms with E-state index in [1.54, 1.807) is 37.3 Å². The van der Waals surface area contributed by atoms with Crippen LogP contribution in [0, 0.1) is 0 Å². The van der Waals surface area contributed by atoms with Crippen molar-refractivity contribution < 1.29 is 18.0 Å². The quantitative estimate of drug-likeness (QED) is 0.411. The van der Waals surface area contributed by atoms with Crippen molar-refractivity contribution in [3.05, 3.63) is 63.1 Å². The molecule has 2 amide bonds. The number of carbonyl (C=O) groups is 2. The topological polar surface area (TPSA) is 86.8 Å². The molecule has 0 aliphatic rings. The first kappa shape index (κ1) is 29.2. The van der Waals surface area contributed by atoms with Crippen LogP contribution in [0.15, 0.2) is 42.5 Å². The van der Waals surface area contributed by atoms with Gasteiger partial charge in [-0.25, -0.2) is 8.42 Å². The SMILES string of the molecule is CC[C@@H](C)NC(=O)[C@@H](CC)N(Cc1c(Cl)cccc1Cl)C(=O)CN(c1ccccc1Cl)S(C)(=O)=O. The number of hydrogen-bond acceptors (Lipinski definition) is 4. The molecule has 35 heavy (non-hydrogen) atoms. The summed E-state index contributed by atoms with van der Waals surface area (Å²) in [6.45, 7) is 4.94. The van der Waals surface area contributed by atoms with Crippen LogP contribution in [0.2, 0.25) is 15.1 Å². The van der Waals surface area contributed by atoms with Gasteiger partial charge in [0.1, 0.15) is 12.6 Å². The molecule has 0 saturated heterocycles. The van der Waals surface area contributed by atoms with E-state index in [1.165, 1.54) is 17.0 Å². The van der Waals surface area contributed by atoms with E-state index >= 15 is 0 Å². The van der Waals surface area contributed by atoms with E-state index in [0.29, 0.717) is 28.5 Å². The van der Waals surface area contributed by atoms with E-state index in [0.717, 1.165) is 10.6 Å². The van der Waals surface area contributed by atoms with Gasteiger partial charge in [-0.3, -0.25) is 13.9 Å². The van der Waals surface area contributed by atoms with Gasteiger partial charge in [-0.1, -0.05) is 66.8 Å². The Balaban J connectivity index is 2.52. The van der Waals surface area contributed by atoms with Crippen LogP contribution in [0.3, 0.4) is 0 Å². The number of sulfonamides is 1. The highest BCUT2D eigenvalue weighted by molar-refractivity contribution is 7.92. The molecule has 0 unspecified atom stereocenters. The van der Waals surface area contributed by atoms with Gasteiger partial charge >= 0.3 is 0 Å². The maximum absolute atomic E-state index is 13.7. The lowest BCUT2D eigenvalue weighted by Crippen LogP contribution is -2.53. The van der Waals surface area contributed by atoms with Gasteiger partial charge in [0.15, 0.2) is 0 Å². The third-order valence-electron chi connectivity index (χ3n) is 5.58. The molecule has 0 spiro atoms. The highest BCUT2D eigenvalue weighted by Crippen LogP contribution is 2.29. The number of nitrogens with one attached hydrogen (secondary N) is 1. The lowest BCUT2D eigenvalue weighted by atomic mass is 10.1. The van der Waals surface area contributed by atoms with Gasteiger partial charge < -0.3 is 10.2 Å². The Labute approximate surface area is 222 Å². The standard InChI is InChI=1S/C24H30Cl3N3O4S/c1-5-16(3)28-24(32)21(6-2)29(14-17-18(25)11-9-12-19(17)26)23(31)15-30(35(4,33)34)22-13-8-7-10-20(22)27/h7-13,16,21H,5-6,14-15H2,1-4H3,(H,28,32)/t16-,21-/m1/s1. The maximum Gasteiger partial charge on any atom is 0.244 e. The zero-order chi connectivity index (χ0) is 26.3. The summed E-state index contributed by atoms with van der Waals surface area (Å²) in [6.07, 6.45) is 1.99. The van der Waals surface area contributed by atoms with E-state index < -0.39 is 28.5 Å². The molecule has 0 radical (unpaired) electrons. The average molecular weight is 563 g/mol. The molecule has 0 heterocycles. The van der Waals surface area contributed by atoms with Crippen molar-refractivity contribution in [2.75, 3.05) is 17.1 Å². The number of nitrogens with zero attached hydrogens (tertiary/aromatic N) is 2. The minimum absolute atomic E-state index is 0.0795. The number of carbonyl (C=O) groups excluding carboxylic acids is 2. The van der Waals surface area contributed by atoms with Crippen LogP contribution in [0.1, 0.15) is 39.2 Å². The maximum atomic E-state index is 13.7. The van der Waals surface area contributed by atoms with Gasteiger partial charge in [0.25, 0.3) is 0 Å². The molecule has 7 nitrogen and oxygen atoms in total. The predicted molar refractivity (Wildman–Crippen MR) is 143 cm³/mol. The number of halogens is 3. The van der Waals surface area contributed by atoms with Gasteiger partial charge in [-0.05, 0) is 44.0 Å². The molecule has 0 fully saturated rings. The summed E-state index contributed by atoms with van der Waals surface area (Å²) in [4.78, 5) is 28.1. The first-order chi connectivity index (χ1) is 16.4. The highest BCUT2D eigenvalue weighted by Gasteiger charge is 2.33. The summed E-state index contributed by atoms with van der Waals surface area (Å²) in [5.41, 5.74) is 0.625. The fourth-order valence-electron chi connectivity index (χ4n) is 3.46. The Bertz CT molecular complexity index is 1140.